The van der Waals surface area contributed by atoms with Gasteiger partial charge in [-0.15, -0.1) is 22.7 Å². The van der Waals surface area contributed by atoms with Crippen LogP contribution in [-0.4, -0.2) is 15.8 Å². The number of thiazole rings is 2. The summed E-state index contributed by atoms with van der Waals surface area (Å²) in [4.78, 5) is 22.8. The summed E-state index contributed by atoms with van der Waals surface area (Å²) in [6.45, 7) is 0. The minimum atomic E-state index is -0.0354. The number of hydrogen-bond acceptors (Lipinski definition) is 5. The van der Waals surface area contributed by atoms with Gasteiger partial charge in [0.25, 0.3) is 0 Å². The van der Waals surface area contributed by atoms with E-state index in [0.29, 0.717) is 9.75 Å². The molecular formula is C19H10Br2N2OS2. The summed E-state index contributed by atoms with van der Waals surface area (Å²) in [5.41, 5.74) is 1.99. The van der Waals surface area contributed by atoms with E-state index in [0.717, 1.165) is 30.1 Å². The van der Waals surface area contributed by atoms with Crippen LogP contribution in [0.25, 0.3) is 21.1 Å². The molecule has 0 saturated carbocycles. The lowest BCUT2D eigenvalue weighted by molar-refractivity contribution is 0.104. The number of halogens is 2. The van der Waals surface area contributed by atoms with E-state index in [1.807, 2.05) is 48.5 Å². The lowest BCUT2D eigenvalue weighted by Crippen LogP contribution is -1.94. The Morgan fingerprint density at radius 2 is 1.08 bits per heavy atom. The second-order valence-corrected chi connectivity index (χ2v) is 9.29. The molecule has 128 valence electrons. The normalized spacial score (nSPS) is 10.8. The molecule has 0 radical (unpaired) electrons. The summed E-state index contributed by atoms with van der Waals surface area (Å²) in [6, 6.07) is 15.8. The molecule has 2 heterocycles. The number of nitrogens with zero attached hydrogens (tertiary/aromatic N) is 2. The van der Waals surface area contributed by atoms with Gasteiger partial charge in [-0.2, -0.15) is 0 Å². The molecule has 4 aromatic rings. The molecule has 0 atom stereocenters. The first-order valence-corrected chi connectivity index (χ1v) is 10.8. The predicted molar refractivity (Wildman–Crippen MR) is 114 cm³/mol. The molecule has 0 N–H and O–H groups in total. The fraction of sp³-hybridized carbons (Fsp3) is 0. The zero-order chi connectivity index (χ0) is 18.1. The largest absolute Gasteiger partial charge is 0.287 e. The molecule has 0 aliphatic carbocycles. The van der Waals surface area contributed by atoms with Gasteiger partial charge in [-0.25, -0.2) is 9.97 Å². The molecule has 3 nitrogen and oxygen atoms in total. The van der Waals surface area contributed by atoms with Crippen LogP contribution in [0.4, 0.5) is 0 Å². The Kier molecular flexibility index (Phi) is 5.13. The fourth-order valence-electron chi connectivity index (χ4n) is 2.33. The molecule has 0 aliphatic rings. The Morgan fingerprint density at radius 3 is 1.46 bits per heavy atom. The van der Waals surface area contributed by atoms with Crippen molar-refractivity contribution < 1.29 is 4.79 Å². The van der Waals surface area contributed by atoms with Crippen LogP contribution in [0.1, 0.15) is 14.5 Å². The molecule has 7 heteroatoms. The number of carbonyl (C=O) groups excluding carboxylic acids is 1. The van der Waals surface area contributed by atoms with Crippen molar-refractivity contribution in [3.8, 4) is 21.1 Å². The third kappa shape index (κ3) is 3.71. The van der Waals surface area contributed by atoms with Crippen molar-refractivity contribution in [1.29, 1.82) is 0 Å². The van der Waals surface area contributed by atoms with Crippen molar-refractivity contribution in [2.45, 2.75) is 0 Å². The second-order valence-electron chi connectivity index (χ2n) is 5.40. The van der Waals surface area contributed by atoms with Crippen molar-refractivity contribution >= 4 is 60.3 Å². The van der Waals surface area contributed by atoms with Crippen molar-refractivity contribution in [3.63, 3.8) is 0 Å². The minimum absolute atomic E-state index is 0.0354. The first-order chi connectivity index (χ1) is 12.6. The van der Waals surface area contributed by atoms with Crippen molar-refractivity contribution in [2.24, 2.45) is 0 Å². The molecule has 4 rings (SSSR count). The topological polar surface area (TPSA) is 42.9 Å². The van der Waals surface area contributed by atoms with Gasteiger partial charge >= 0.3 is 0 Å². The van der Waals surface area contributed by atoms with Crippen LogP contribution in [0.5, 0.6) is 0 Å². The molecule has 0 saturated heterocycles. The maximum Gasteiger partial charge on any atom is 0.216 e. The minimum Gasteiger partial charge on any atom is -0.287 e. The Balaban J connectivity index is 1.58. The maximum absolute atomic E-state index is 12.8. The van der Waals surface area contributed by atoms with Crippen LogP contribution in [-0.2, 0) is 0 Å². The summed E-state index contributed by atoms with van der Waals surface area (Å²) in [5, 5.41) is 1.66. The van der Waals surface area contributed by atoms with E-state index in [2.05, 4.69) is 41.8 Å². The summed E-state index contributed by atoms with van der Waals surface area (Å²) in [6.07, 6.45) is 3.28. The van der Waals surface area contributed by atoms with Gasteiger partial charge < -0.3 is 0 Å². The zero-order valence-corrected chi connectivity index (χ0v) is 18.0. The van der Waals surface area contributed by atoms with Gasteiger partial charge in [-0.05, 0) is 24.3 Å². The van der Waals surface area contributed by atoms with E-state index >= 15 is 0 Å². The number of hydrogen-bond donors (Lipinski definition) is 0. The molecule has 0 fully saturated rings. The van der Waals surface area contributed by atoms with E-state index in [4.69, 9.17) is 0 Å². The average Bonchev–Trinajstić information content (AvgIpc) is 3.32. The van der Waals surface area contributed by atoms with E-state index in [1.54, 1.807) is 12.4 Å². The highest BCUT2D eigenvalue weighted by Gasteiger charge is 2.17. The molecule has 0 amide bonds. The SMILES string of the molecule is O=C(c1cnc(-c2ccc(Br)cc2)s1)c1cnc(-c2ccc(Br)cc2)s1. The van der Waals surface area contributed by atoms with Crippen LogP contribution < -0.4 is 0 Å². The lowest BCUT2D eigenvalue weighted by atomic mass is 10.2. The standard InChI is InChI=1S/C19H10Br2N2OS2/c20-13-5-1-11(2-6-13)18-22-9-15(25-18)17(24)16-10-23-19(26-16)12-3-7-14(21)8-4-12/h1-10H. The monoisotopic (exact) mass is 504 g/mol. The Labute approximate surface area is 175 Å². The number of benzene rings is 2. The first kappa shape index (κ1) is 17.7. The molecular weight excluding hydrogens is 496 g/mol. The summed E-state index contributed by atoms with van der Waals surface area (Å²) < 4.78 is 2.03. The van der Waals surface area contributed by atoms with Crippen LogP contribution in [0.15, 0.2) is 69.9 Å². The fourth-order valence-corrected chi connectivity index (χ4v) is 4.68. The van der Waals surface area contributed by atoms with Gasteiger partial charge in [0, 0.05) is 32.5 Å². The van der Waals surface area contributed by atoms with Gasteiger partial charge in [0.05, 0.1) is 9.75 Å². The quantitative estimate of drug-likeness (QED) is 0.290. The Hall–Kier alpha value is -1.67. The Morgan fingerprint density at radius 1 is 0.692 bits per heavy atom. The highest BCUT2D eigenvalue weighted by molar-refractivity contribution is 9.10. The molecule has 26 heavy (non-hydrogen) atoms. The molecule has 0 bridgehead atoms. The third-order valence-corrected chi connectivity index (χ3v) is 6.79. The van der Waals surface area contributed by atoms with E-state index in [9.17, 15) is 4.79 Å². The average molecular weight is 506 g/mol. The molecule has 0 aliphatic heterocycles. The number of ketones is 1. The number of rotatable bonds is 4. The summed E-state index contributed by atoms with van der Waals surface area (Å²) >= 11 is 9.64. The first-order valence-electron chi connectivity index (χ1n) is 7.58. The predicted octanol–water partition coefficient (Wildman–Crippen LogP) is 6.69. The van der Waals surface area contributed by atoms with Crippen LogP contribution >= 0.6 is 54.5 Å². The smallest absolute Gasteiger partial charge is 0.216 e. The zero-order valence-electron chi connectivity index (χ0n) is 13.1. The second kappa shape index (κ2) is 7.52. The molecule has 2 aromatic heterocycles. The number of carbonyl (C=O) groups is 1. The van der Waals surface area contributed by atoms with Gasteiger partial charge in [-0.1, -0.05) is 56.1 Å². The lowest BCUT2D eigenvalue weighted by Gasteiger charge is -1.96. The number of aromatic nitrogens is 2. The van der Waals surface area contributed by atoms with Gasteiger partial charge in [-0.3, -0.25) is 4.79 Å². The Bertz CT molecular complexity index is 984. The van der Waals surface area contributed by atoms with Crippen molar-refractivity contribution in [2.75, 3.05) is 0 Å². The molecule has 2 aromatic carbocycles. The molecule has 0 unspecified atom stereocenters. The van der Waals surface area contributed by atoms with Gasteiger partial charge in [0.2, 0.25) is 5.78 Å². The van der Waals surface area contributed by atoms with E-state index < -0.39 is 0 Å². The van der Waals surface area contributed by atoms with Gasteiger partial charge in [0.1, 0.15) is 10.0 Å². The highest BCUT2D eigenvalue weighted by atomic mass is 79.9. The van der Waals surface area contributed by atoms with Crippen LogP contribution in [0.3, 0.4) is 0 Å². The highest BCUT2D eigenvalue weighted by Crippen LogP contribution is 2.31. The molecule has 0 spiro atoms. The van der Waals surface area contributed by atoms with Crippen molar-refractivity contribution in [3.05, 3.63) is 79.6 Å². The summed E-state index contributed by atoms with van der Waals surface area (Å²) in [5.74, 6) is -0.0354. The van der Waals surface area contributed by atoms with Gasteiger partial charge in [0.15, 0.2) is 0 Å². The third-order valence-electron chi connectivity index (χ3n) is 3.64. The summed E-state index contributed by atoms with van der Waals surface area (Å²) in [7, 11) is 0. The van der Waals surface area contributed by atoms with E-state index in [1.165, 1.54) is 22.7 Å². The van der Waals surface area contributed by atoms with Crippen LogP contribution in [0.2, 0.25) is 0 Å². The van der Waals surface area contributed by atoms with E-state index in [-0.39, 0.29) is 5.78 Å². The maximum atomic E-state index is 12.8. The van der Waals surface area contributed by atoms with Crippen LogP contribution in [0, 0.1) is 0 Å². The van der Waals surface area contributed by atoms with Crippen molar-refractivity contribution in [1.82, 2.24) is 9.97 Å².